The summed E-state index contributed by atoms with van der Waals surface area (Å²) in [5.41, 5.74) is 0. The van der Waals surface area contributed by atoms with Crippen LogP contribution in [0.4, 0.5) is 0 Å². The molecule has 1 aromatic rings. The van der Waals surface area contributed by atoms with E-state index in [2.05, 4.69) is 0 Å². The minimum Gasteiger partial charge on any atom is -0.504 e. The van der Waals surface area contributed by atoms with Crippen molar-refractivity contribution in [2.75, 3.05) is 20.3 Å². The van der Waals surface area contributed by atoms with E-state index < -0.39 is 0 Å². The molecule has 0 heterocycles. The maximum Gasteiger partial charge on any atom is 0.160 e. The summed E-state index contributed by atoms with van der Waals surface area (Å²) in [6, 6.07) is 6.95. The largest absolute Gasteiger partial charge is 0.504 e. The molecule has 0 saturated heterocycles. The highest BCUT2D eigenvalue weighted by molar-refractivity contribution is 5.37. The van der Waals surface area contributed by atoms with Crippen LogP contribution >= 0.6 is 0 Å². The van der Waals surface area contributed by atoms with Crippen molar-refractivity contribution >= 4 is 0 Å². The van der Waals surface area contributed by atoms with Gasteiger partial charge in [0.05, 0.1) is 13.2 Å². The summed E-state index contributed by atoms with van der Waals surface area (Å²) in [4.78, 5) is 0. The molecule has 14 heavy (non-hydrogen) atoms. The lowest BCUT2D eigenvalue weighted by atomic mass is 10.2. The second-order valence-electron chi connectivity index (χ2n) is 3.34. The van der Waals surface area contributed by atoms with Crippen LogP contribution in [0.3, 0.4) is 0 Å². The Morgan fingerprint density at radius 1 is 1.29 bits per heavy atom. The number of methoxy groups -OCH3 is 1. The Morgan fingerprint density at radius 3 is 2.64 bits per heavy atom. The average Bonchev–Trinajstić information content (AvgIpc) is 2.17. The van der Waals surface area contributed by atoms with E-state index in [-0.39, 0.29) is 5.75 Å². The second-order valence-corrected chi connectivity index (χ2v) is 3.34. The molecule has 0 aliphatic heterocycles. The van der Waals surface area contributed by atoms with Gasteiger partial charge in [-0.2, -0.15) is 0 Å². The number of ether oxygens (including phenoxy) is 2. The van der Waals surface area contributed by atoms with Crippen LogP contribution < -0.4 is 4.74 Å². The summed E-state index contributed by atoms with van der Waals surface area (Å²) in [6.07, 6.45) is 0. The third-order valence-electron chi connectivity index (χ3n) is 1.84. The van der Waals surface area contributed by atoms with E-state index in [1.54, 1.807) is 25.3 Å². The van der Waals surface area contributed by atoms with E-state index in [0.29, 0.717) is 24.9 Å². The van der Waals surface area contributed by atoms with Gasteiger partial charge < -0.3 is 14.6 Å². The van der Waals surface area contributed by atoms with Crippen molar-refractivity contribution in [3.05, 3.63) is 24.3 Å². The van der Waals surface area contributed by atoms with Crippen LogP contribution in [0.2, 0.25) is 0 Å². The fourth-order valence-electron chi connectivity index (χ4n) is 1.14. The molecule has 1 rings (SSSR count). The molecular weight excluding hydrogens is 180 g/mol. The van der Waals surface area contributed by atoms with Gasteiger partial charge in [0.25, 0.3) is 0 Å². The minimum absolute atomic E-state index is 0.178. The van der Waals surface area contributed by atoms with Gasteiger partial charge in [-0.15, -0.1) is 0 Å². The number of hydrogen-bond donors (Lipinski definition) is 1. The van der Waals surface area contributed by atoms with Crippen LogP contribution in [-0.4, -0.2) is 25.4 Å². The van der Waals surface area contributed by atoms with Gasteiger partial charge in [-0.05, 0) is 12.1 Å². The van der Waals surface area contributed by atoms with Crippen molar-refractivity contribution in [3.63, 3.8) is 0 Å². The van der Waals surface area contributed by atoms with E-state index in [1.807, 2.05) is 13.0 Å². The zero-order chi connectivity index (χ0) is 10.4. The lowest BCUT2D eigenvalue weighted by Gasteiger charge is -2.12. The van der Waals surface area contributed by atoms with Crippen LogP contribution in [0.15, 0.2) is 24.3 Å². The lowest BCUT2D eigenvalue weighted by molar-refractivity contribution is 0.126. The van der Waals surface area contributed by atoms with Gasteiger partial charge in [-0.1, -0.05) is 19.1 Å². The molecule has 0 aromatic heterocycles. The van der Waals surface area contributed by atoms with E-state index in [0.717, 1.165) is 0 Å². The van der Waals surface area contributed by atoms with Crippen molar-refractivity contribution in [1.29, 1.82) is 0 Å². The van der Waals surface area contributed by atoms with Crippen molar-refractivity contribution in [1.82, 2.24) is 0 Å². The van der Waals surface area contributed by atoms with Crippen LogP contribution in [0.5, 0.6) is 11.5 Å². The van der Waals surface area contributed by atoms with Crippen LogP contribution in [-0.2, 0) is 4.74 Å². The number of rotatable bonds is 5. The Bertz CT molecular complexity index is 273. The second kappa shape index (κ2) is 5.50. The zero-order valence-electron chi connectivity index (χ0n) is 8.56. The third-order valence-corrected chi connectivity index (χ3v) is 1.84. The topological polar surface area (TPSA) is 38.7 Å². The van der Waals surface area contributed by atoms with Crippen molar-refractivity contribution in [3.8, 4) is 11.5 Å². The number of benzene rings is 1. The molecule has 78 valence electrons. The van der Waals surface area contributed by atoms with Gasteiger partial charge in [-0.25, -0.2) is 0 Å². The predicted molar refractivity (Wildman–Crippen MR) is 54.6 cm³/mol. The van der Waals surface area contributed by atoms with Gasteiger partial charge in [0, 0.05) is 13.0 Å². The molecule has 0 radical (unpaired) electrons. The zero-order valence-corrected chi connectivity index (χ0v) is 8.56. The van der Waals surface area contributed by atoms with Gasteiger partial charge in [0.1, 0.15) is 0 Å². The smallest absolute Gasteiger partial charge is 0.160 e. The number of hydrogen-bond acceptors (Lipinski definition) is 3. The monoisotopic (exact) mass is 196 g/mol. The molecule has 0 saturated carbocycles. The fraction of sp³-hybridized carbons (Fsp3) is 0.455. The summed E-state index contributed by atoms with van der Waals surface area (Å²) in [5, 5.41) is 9.40. The first-order chi connectivity index (χ1) is 6.74. The number of phenolic OH excluding ortho intramolecular Hbond substituents is 1. The third kappa shape index (κ3) is 3.26. The first-order valence-electron chi connectivity index (χ1n) is 4.63. The van der Waals surface area contributed by atoms with Crippen LogP contribution in [0.25, 0.3) is 0 Å². The van der Waals surface area contributed by atoms with Crippen molar-refractivity contribution < 1.29 is 14.6 Å². The highest BCUT2D eigenvalue weighted by Crippen LogP contribution is 2.24. The van der Waals surface area contributed by atoms with E-state index in [1.165, 1.54) is 0 Å². The van der Waals surface area contributed by atoms with Gasteiger partial charge in [-0.3, -0.25) is 0 Å². The quantitative estimate of drug-likeness (QED) is 0.783. The Balaban J connectivity index is 2.41. The molecule has 0 aliphatic carbocycles. The molecule has 1 aromatic carbocycles. The Morgan fingerprint density at radius 2 is 2.00 bits per heavy atom. The highest BCUT2D eigenvalue weighted by Gasteiger charge is 2.04. The van der Waals surface area contributed by atoms with Crippen LogP contribution in [0, 0.1) is 5.92 Å². The summed E-state index contributed by atoms with van der Waals surface area (Å²) in [7, 11) is 1.66. The molecule has 0 unspecified atom stereocenters. The van der Waals surface area contributed by atoms with Crippen molar-refractivity contribution in [2.45, 2.75) is 6.92 Å². The molecule has 0 amide bonds. The number of para-hydroxylation sites is 2. The Kier molecular flexibility index (Phi) is 4.26. The molecule has 3 nitrogen and oxygen atoms in total. The fourth-order valence-corrected chi connectivity index (χ4v) is 1.14. The van der Waals surface area contributed by atoms with Gasteiger partial charge in [0.2, 0.25) is 0 Å². The Hall–Kier alpha value is -1.22. The Labute approximate surface area is 84.3 Å². The highest BCUT2D eigenvalue weighted by atomic mass is 16.5. The number of phenols is 1. The lowest BCUT2D eigenvalue weighted by Crippen LogP contribution is -2.13. The summed E-state index contributed by atoms with van der Waals surface area (Å²) in [5.74, 6) is 1.02. The first-order valence-corrected chi connectivity index (χ1v) is 4.63. The van der Waals surface area contributed by atoms with Crippen LogP contribution in [0.1, 0.15) is 6.92 Å². The normalized spacial score (nSPS) is 12.4. The van der Waals surface area contributed by atoms with Crippen molar-refractivity contribution in [2.24, 2.45) is 5.92 Å². The van der Waals surface area contributed by atoms with E-state index >= 15 is 0 Å². The van der Waals surface area contributed by atoms with Gasteiger partial charge in [0.15, 0.2) is 11.5 Å². The molecule has 0 spiro atoms. The molecule has 0 aliphatic rings. The first kappa shape index (κ1) is 10.9. The summed E-state index contributed by atoms with van der Waals surface area (Å²) >= 11 is 0. The molecular formula is C11H16O3. The molecule has 1 N–H and O–H groups in total. The predicted octanol–water partition coefficient (Wildman–Crippen LogP) is 2.05. The average molecular weight is 196 g/mol. The van der Waals surface area contributed by atoms with Gasteiger partial charge >= 0.3 is 0 Å². The SMILES string of the molecule is COC[C@H](C)COc1ccccc1O. The van der Waals surface area contributed by atoms with E-state index in [4.69, 9.17) is 9.47 Å². The number of aromatic hydroxyl groups is 1. The standard InChI is InChI=1S/C11H16O3/c1-9(7-13-2)8-14-11-6-4-3-5-10(11)12/h3-6,9,12H,7-8H2,1-2H3/t9-/m0/s1. The summed E-state index contributed by atoms with van der Waals surface area (Å²) in [6.45, 7) is 3.24. The maximum absolute atomic E-state index is 9.40. The molecule has 3 heteroatoms. The maximum atomic E-state index is 9.40. The molecule has 0 fully saturated rings. The van der Waals surface area contributed by atoms with E-state index in [9.17, 15) is 5.11 Å². The summed E-state index contributed by atoms with van der Waals surface area (Å²) < 4.78 is 10.4. The molecule has 0 bridgehead atoms. The molecule has 1 atom stereocenters. The minimum atomic E-state index is 0.178.